The van der Waals surface area contributed by atoms with Crippen LogP contribution >= 0.6 is 0 Å². The van der Waals surface area contributed by atoms with Crippen LogP contribution in [0, 0.1) is 0 Å². The Balaban J connectivity index is 1.58. The molecule has 176 valence electrons. The van der Waals surface area contributed by atoms with Crippen LogP contribution in [0.25, 0.3) is 11.4 Å². The molecule has 1 N–H and O–H groups in total. The molecule has 0 fully saturated rings. The molecule has 0 saturated heterocycles. The third kappa shape index (κ3) is 6.22. The minimum atomic E-state index is -3.36. The number of ether oxygens (including phenoxy) is 2. The van der Waals surface area contributed by atoms with Crippen LogP contribution in [0.15, 0.2) is 53.1 Å². The first-order valence-corrected chi connectivity index (χ1v) is 12.0. The number of methoxy groups -OCH3 is 1. The van der Waals surface area contributed by atoms with Gasteiger partial charge in [-0.1, -0.05) is 24.2 Å². The Labute approximate surface area is 192 Å². The van der Waals surface area contributed by atoms with Crippen molar-refractivity contribution < 1.29 is 27.2 Å². The number of anilines is 1. The molecule has 3 aromatic rings. The number of carbonyl (C=O) groups excluding carboxylic acids is 1. The van der Waals surface area contributed by atoms with Crippen LogP contribution < -0.4 is 19.1 Å². The molecule has 33 heavy (non-hydrogen) atoms. The maximum atomic E-state index is 12.6. The number of nitrogens with zero attached hydrogens (tertiary/aromatic N) is 3. The molecule has 1 aromatic heterocycles. The van der Waals surface area contributed by atoms with Gasteiger partial charge < -0.3 is 19.3 Å². The summed E-state index contributed by atoms with van der Waals surface area (Å²) in [5.41, 5.74) is 1.22. The number of hydrogen-bond donors (Lipinski definition) is 1. The second-order valence-corrected chi connectivity index (χ2v) is 9.21. The van der Waals surface area contributed by atoms with Gasteiger partial charge in [0.15, 0.2) is 6.10 Å². The lowest BCUT2D eigenvalue weighted by Crippen LogP contribution is -2.37. The van der Waals surface area contributed by atoms with Crippen molar-refractivity contribution in [3.8, 4) is 22.9 Å². The first-order valence-electron chi connectivity index (χ1n) is 10.2. The lowest BCUT2D eigenvalue weighted by molar-refractivity contribution is -0.128. The van der Waals surface area contributed by atoms with E-state index in [-0.39, 0.29) is 18.3 Å². The van der Waals surface area contributed by atoms with Gasteiger partial charge in [0.05, 0.1) is 25.6 Å². The predicted octanol–water partition coefficient (Wildman–Crippen LogP) is 2.61. The van der Waals surface area contributed by atoms with Crippen LogP contribution in [0.5, 0.6) is 11.5 Å². The fraction of sp³-hybridized carbons (Fsp3) is 0.318. The molecule has 11 heteroatoms. The summed E-state index contributed by atoms with van der Waals surface area (Å²) in [4.78, 5) is 16.9. The van der Waals surface area contributed by atoms with Gasteiger partial charge in [0.2, 0.25) is 21.7 Å². The van der Waals surface area contributed by atoms with Crippen LogP contribution in [0.3, 0.4) is 0 Å². The Bertz CT molecular complexity index is 1190. The van der Waals surface area contributed by atoms with Crippen LogP contribution in [-0.4, -0.2) is 51.0 Å². The monoisotopic (exact) mass is 474 g/mol. The highest BCUT2D eigenvalue weighted by Crippen LogP contribution is 2.22. The highest BCUT2D eigenvalue weighted by molar-refractivity contribution is 7.92. The van der Waals surface area contributed by atoms with Crippen molar-refractivity contribution in [3.63, 3.8) is 0 Å². The van der Waals surface area contributed by atoms with Crippen molar-refractivity contribution in [1.82, 2.24) is 15.5 Å². The fourth-order valence-electron chi connectivity index (χ4n) is 2.90. The number of amides is 1. The SMILES string of the molecule is CC[C@@H](Oc1ccc(N(C)S(C)(=O)=O)cc1)C(=O)NCc1nc(-c2cccc(OC)c2)no1. The summed E-state index contributed by atoms with van der Waals surface area (Å²) in [6.07, 6.45) is 0.803. The molecule has 1 atom stereocenters. The van der Waals surface area contributed by atoms with Gasteiger partial charge in [0.1, 0.15) is 11.5 Å². The van der Waals surface area contributed by atoms with Crippen LogP contribution in [0.4, 0.5) is 5.69 Å². The van der Waals surface area contributed by atoms with Gasteiger partial charge in [0, 0.05) is 12.6 Å². The second kappa shape index (κ2) is 10.3. The molecule has 3 rings (SSSR count). The van der Waals surface area contributed by atoms with Crippen molar-refractivity contribution >= 4 is 21.6 Å². The number of nitrogens with one attached hydrogen (secondary N) is 1. The summed E-state index contributed by atoms with van der Waals surface area (Å²) in [5, 5.41) is 6.68. The van der Waals surface area contributed by atoms with Crippen LogP contribution in [-0.2, 0) is 21.4 Å². The predicted molar refractivity (Wildman–Crippen MR) is 123 cm³/mol. The van der Waals surface area contributed by atoms with Gasteiger partial charge in [-0.05, 0) is 42.8 Å². The maximum absolute atomic E-state index is 12.6. The average molecular weight is 475 g/mol. The van der Waals surface area contributed by atoms with E-state index in [1.165, 1.54) is 7.05 Å². The number of sulfonamides is 1. The maximum Gasteiger partial charge on any atom is 0.261 e. The molecular formula is C22H26N4O6S. The highest BCUT2D eigenvalue weighted by atomic mass is 32.2. The van der Waals surface area contributed by atoms with E-state index < -0.39 is 16.1 Å². The van der Waals surface area contributed by atoms with Gasteiger partial charge >= 0.3 is 0 Å². The number of rotatable bonds is 10. The summed E-state index contributed by atoms with van der Waals surface area (Å²) >= 11 is 0. The Hall–Kier alpha value is -3.60. The molecule has 0 saturated carbocycles. The number of benzene rings is 2. The molecule has 1 amide bonds. The lowest BCUT2D eigenvalue weighted by atomic mass is 10.2. The molecule has 10 nitrogen and oxygen atoms in total. The normalized spacial score (nSPS) is 12.1. The molecule has 1 heterocycles. The van der Waals surface area contributed by atoms with E-state index in [1.807, 2.05) is 25.1 Å². The Kier molecular flexibility index (Phi) is 7.54. The summed E-state index contributed by atoms with van der Waals surface area (Å²) in [6, 6.07) is 13.7. The molecule has 0 unspecified atom stereocenters. The minimum Gasteiger partial charge on any atom is -0.497 e. The van der Waals surface area contributed by atoms with Crippen molar-refractivity contribution in [1.29, 1.82) is 0 Å². The number of carbonyl (C=O) groups is 1. The van der Waals surface area contributed by atoms with E-state index in [9.17, 15) is 13.2 Å². The minimum absolute atomic E-state index is 0.0494. The average Bonchev–Trinajstić information content (AvgIpc) is 3.29. The molecule has 2 aromatic carbocycles. The fourth-order valence-corrected chi connectivity index (χ4v) is 3.40. The standard InChI is InChI=1S/C22H26N4O6S/c1-5-19(31-17-11-9-16(10-12-17)26(2)33(4,28)29)22(27)23-14-20-24-21(25-32-20)15-7-6-8-18(13-15)30-3/h6-13,19H,5,14H2,1-4H3,(H,23,27)/t19-/m1/s1. The first-order chi connectivity index (χ1) is 15.7. The summed E-state index contributed by atoms with van der Waals surface area (Å²) in [6.45, 7) is 1.87. The van der Waals surface area contributed by atoms with Gasteiger partial charge in [-0.3, -0.25) is 9.10 Å². The quantitative estimate of drug-likeness (QED) is 0.476. The molecular weight excluding hydrogens is 448 g/mol. The third-order valence-electron chi connectivity index (χ3n) is 4.85. The van der Waals surface area contributed by atoms with E-state index in [0.29, 0.717) is 29.4 Å². The van der Waals surface area contributed by atoms with E-state index in [0.717, 1.165) is 16.1 Å². The van der Waals surface area contributed by atoms with Crippen LogP contribution in [0.1, 0.15) is 19.2 Å². The van der Waals surface area contributed by atoms with E-state index >= 15 is 0 Å². The largest absolute Gasteiger partial charge is 0.497 e. The van der Waals surface area contributed by atoms with Crippen LogP contribution in [0.2, 0.25) is 0 Å². The lowest BCUT2D eigenvalue weighted by Gasteiger charge is -2.19. The van der Waals surface area contributed by atoms with Gasteiger partial charge in [-0.15, -0.1) is 0 Å². The zero-order valence-electron chi connectivity index (χ0n) is 18.8. The zero-order valence-corrected chi connectivity index (χ0v) is 19.6. The highest BCUT2D eigenvalue weighted by Gasteiger charge is 2.20. The topological polar surface area (TPSA) is 124 Å². The molecule has 0 bridgehead atoms. The number of aromatic nitrogens is 2. The van der Waals surface area contributed by atoms with E-state index in [1.54, 1.807) is 37.4 Å². The summed E-state index contributed by atoms with van der Waals surface area (Å²) in [5.74, 6) is 1.42. The summed E-state index contributed by atoms with van der Waals surface area (Å²) in [7, 11) is -0.324. The number of hydrogen-bond acceptors (Lipinski definition) is 8. The second-order valence-electron chi connectivity index (χ2n) is 7.20. The van der Waals surface area contributed by atoms with Crippen molar-refractivity contribution in [2.45, 2.75) is 26.0 Å². The third-order valence-corrected chi connectivity index (χ3v) is 6.05. The molecule has 0 radical (unpaired) electrons. The molecule has 0 aliphatic carbocycles. The van der Waals surface area contributed by atoms with Gasteiger partial charge in [-0.2, -0.15) is 4.98 Å². The zero-order chi connectivity index (χ0) is 24.0. The molecule has 0 aliphatic heterocycles. The van der Waals surface area contributed by atoms with Gasteiger partial charge in [-0.25, -0.2) is 8.42 Å². The first kappa shape index (κ1) is 24.1. The Morgan fingerprint density at radius 2 is 1.91 bits per heavy atom. The Morgan fingerprint density at radius 1 is 1.18 bits per heavy atom. The summed E-state index contributed by atoms with van der Waals surface area (Å²) < 4.78 is 40.7. The van der Waals surface area contributed by atoms with Crippen molar-refractivity contribution in [2.24, 2.45) is 0 Å². The van der Waals surface area contributed by atoms with Crippen molar-refractivity contribution in [3.05, 3.63) is 54.4 Å². The van der Waals surface area contributed by atoms with Crippen molar-refractivity contribution in [2.75, 3.05) is 24.7 Å². The molecule has 0 aliphatic rings. The smallest absolute Gasteiger partial charge is 0.261 e. The van der Waals surface area contributed by atoms with E-state index in [4.69, 9.17) is 14.0 Å². The van der Waals surface area contributed by atoms with Gasteiger partial charge in [0.25, 0.3) is 5.91 Å². The van der Waals surface area contributed by atoms with E-state index in [2.05, 4.69) is 15.5 Å². The Morgan fingerprint density at radius 3 is 2.55 bits per heavy atom. The molecule has 0 spiro atoms.